The van der Waals surface area contributed by atoms with Crippen LogP contribution in [-0.4, -0.2) is 35.1 Å². The lowest BCUT2D eigenvalue weighted by molar-refractivity contribution is -0.137. The van der Waals surface area contributed by atoms with Crippen LogP contribution >= 0.6 is 0 Å². The van der Waals surface area contributed by atoms with Crippen LogP contribution < -0.4 is 4.90 Å². The third kappa shape index (κ3) is 3.55. The van der Waals surface area contributed by atoms with E-state index in [0.29, 0.717) is 40.5 Å². The number of anilines is 1. The van der Waals surface area contributed by atoms with Crippen molar-refractivity contribution in [1.82, 2.24) is 0 Å². The zero-order valence-electron chi connectivity index (χ0n) is 15.7. The number of benzene rings is 2. The predicted octanol–water partition coefficient (Wildman–Crippen LogP) is 4.25. The summed E-state index contributed by atoms with van der Waals surface area (Å²) in [7, 11) is 0. The Bertz CT molecular complexity index is 1010. The number of halogens is 3. The topological polar surface area (TPSA) is 60.5 Å². The molecule has 0 aromatic heterocycles. The fourth-order valence-electron chi connectivity index (χ4n) is 3.52. The second-order valence-electron chi connectivity index (χ2n) is 6.86. The number of alkyl halides is 3. The smallest absolute Gasteiger partial charge is 0.368 e. The molecule has 1 N–H and O–H groups in total. The van der Waals surface area contributed by atoms with Gasteiger partial charge in [-0.3, -0.25) is 9.89 Å². The van der Waals surface area contributed by atoms with Crippen molar-refractivity contribution in [2.45, 2.75) is 32.2 Å². The van der Waals surface area contributed by atoms with Gasteiger partial charge in [0.1, 0.15) is 0 Å². The molecule has 1 unspecified atom stereocenters. The van der Waals surface area contributed by atoms with Crippen LogP contribution in [0.5, 0.6) is 0 Å². The number of aliphatic hydroxyl groups excluding tert-OH is 1. The van der Waals surface area contributed by atoms with E-state index in [1.165, 1.54) is 11.0 Å². The highest BCUT2D eigenvalue weighted by molar-refractivity contribution is 6.21. The Morgan fingerprint density at radius 1 is 1.10 bits per heavy atom. The van der Waals surface area contributed by atoms with E-state index < -0.39 is 18.0 Å². The lowest BCUT2D eigenvalue weighted by Gasteiger charge is -2.33. The number of amidine groups is 1. The number of hydrogen-bond acceptors (Lipinski definition) is 5. The van der Waals surface area contributed by atoms with Gasteiger partial charge in [0.05, 0.1) is 29.2 Å². The van der Waals surface area contributed by atoms with Gasteiger partial charge in [0.25, 0.3) is 0 Å². The molecule has 4 rings (SSSR count). The van der Waals surface area contributed by atoms with Crippen molar-refractivity contribution >= 4 is 22.9 Å². The molecule has 0 radical (unpaired) electrons. The van der Waals surface area contributed by atoms with Crippen LogP contribution in [0.15, 0.2) is 63.7 Å². The van der Waals surface area contributed by atoms with Gasteiger partial charge in [-0.2, -0.15) is 18.3 Å². The molecule has 2 heterocycles. The van der Waals surface area contributed by atoms with E-state index in [9.17, 15) is 18.3 Å². The summed E-state index contributed by atoms with van der Waals surface area (Å²) in [6.45, 7) is 2.05. The molecule has 2 aromatic rings. The Balaban J connectivity index is 1.91. The van der Waals surface area contributed by atoms with Crippen LogP contribution in [0.4, 0.5) is 18.9 Å². The number of rotatable bonds is 3. The van der Waals surface area contributed by atoms with E-state index >= 15 is 0 Å². The first-order chi connectivity index (χ1) is 13.9. The Hall–Kier alpha value is -3.00. The molecule has 0 fully saturated rings. The lowest BCUT2D eigenvalue weighted by Crippen LogP contribution is -2.48. The second kappa shape index (κ2) is 7.44. The quantitative estimate of drug-likeness (QED) is 0.837. The number of hydrogen-bond donors (Lipinski definition) is 1. The molecule has 2 aliphatic rings. The van der Waals surface area contributed by atoms with Gasteiger partial charge in [-0.25, -0.2) is 0 Å². The molecule has 150 valence electrons. The SMILES string of the molecule is CCCC1=NN=C2CN=C(c3ccccc3)c3cc(C(F)(F)F)ccc3N2C1O. The Labute approximate surface area is 165 Å². The molecule has 8 heteroatoms. The summed E-state index contributed by atoms with van der Waals surface area (Å²) in [6.07, 6.45) is -4.28. The molecule has 0 bridgehead atoms. The first-order valence-corrected chi connectivity index (χ1v) is 9.32. The van der Waals surface area contributed by atoms with Crippen LogP contribution in [0, 0.1) is 0 Å². The molecule has 2 aromatic carbocycles. The van der Waals surface area contributed by atoms with Gasteiger partial charge in [-0.05, 0) is 24.6 Å². The first-order valence-electron chi connectivity index (χ1n) is 9.32. The van der Waals surface area contributed by atoms with Crippen molar-refractivity contribution in [3.8, 4) is 0 Å². The van der Waals surface area contributed by atoms with Crippen molar-refractivity contribution in [2.24, 2.45) is 15.2 Å². The van der Waals surface area contributed by atoms with Crippen molar-refractivity contribution in [2.75, 3.05) is 11.4 Å². The average molecular weight is 400 g/mol. The molecular weight excluding hydrogens is 381 g/mol. The van der Waals surface area contributed by atoms with Gasteiger partial charge in [-0.15, -0.1) is 5.10 Å². The van der Waals surface area contributed by atoms with Gasteiger partial charge < -0.3 is 5.11 Å². The summed E-state index contributed by atoms with van der Waals surface area (Å²) in [5.74, 6) is 0.393. The number of nitrogens with zero attached hydrogens (tertiary/aromatic N) is 4. The van der Waals surface area contributed by atoms with Crippen LogP contribution in [0.3, 0.4) is 0 Å². The van der Waals surface area contributed by atoms with E-state index in [-0.39, 0.29) is 6.54 Å². The maximum absolute atomic E-state index is 13.4. The summed E-state index contributed by atoms with van der Waals surface area (Å²) in [5, 5.41) is 19.2. The normalized spacial score (nSPS) is 18.9. The standard InChI is InChI=1S/C21H19F3N4O/c1-2-6-16-20(29)28-17-10-9-14(21(22,23)24)11-15(17)19(13-7-4-3-5-8-13)25-12-18(28)27-26-16/h3-5,7-11,20,29H,2,6,12H2,1H3. The van der Waals surface area contributed by atoms with Gasteiger partial charge in [-0.1, -0.05) is 43.7 Å². The van der Waals surface area contributed by atoms with Gasteiger partial charge in [0.2, 0.25) is 0 Å². The minimum absolute atomic E-state index is 0.0974. The third-order valence-corrected chi connectivity index (χ3v) is 4.89. The molecule has 0 aliphatic carbocycles. The van der Waals surface area contributed by atoms with Crippen molar-refractivity contribution in [3.63, 3.8) is 0 Å². The highest BCUT2D eigenvalue weighted by Gasteiger charge is 2.36. The van der Waals surface area contributed by atoms with Crippen molar-refractivity contribution < 1.29 is 18.3 Å². The summed E-state index contributed by atoms with van der Waals surface area (Å²) in [4.78, 5) is 6.08. The highest BCUT2D eigenvalue weighted by atomic mass is 19.4. The zero-order valence-corrected chi connectivity index (χ0v) is 15.7. The van der Waals surface area contributed by atoms with E-state index in [1.807, 2.05) is 13.0 Å². The predicted molar refractivity (Wildman–Crippen MR) is 107 cm³/mol. The fourth-order valence-corrected chi connectivity index (χ4v) is 3.52. The minimum atomic E-state index is -4.49. The zero-order chi connectivity index (χ0) is 20.6. The number of aliphatic imine (C=N–C) groups is 1. The molecule has 2 aliphatic heterocycles. The molecule has 1 atom stereocenters. The van der Waals surface area contributed by atoms with Gasteiger partial charge in [0, 0.05) is 11.1 Å². The third-order valence-electron chi connectivity index (χ3n) is 4.89. The largest absolute Gasteiger partial charge is 0.416 e. The number of fused-ring (bicyclic) bond motifs is 3. The summed E-state index contributed by atoms with van der Waals surface area (Å²) >= 11 is 0. The maximum atomic E-state index is 13.4. The molecule has 0 spiro atoms. The first kappa shape index (κ1) is 19.3. The van der Waals surface area contributed by atoms with Crippen LogP contribution in [0.25, 0.3) is 0 Å². The maximum Gasteiger partial charge on any atom is 0.416 e. The van der Waals surface area contributed by atoms with Crippen molar-refractivity contribution in [3.05, 3.63) is 65.2 Å². The molecular formula is C21H19F3N4O. The Kier molecular flexibility index (Phi) is 4.96. The van der Waals surface area contributed by atoms with Gasteiger partial charge >= 0.3 is 6.18 Å². The second-order valence-corrected chi connectivity index (χ2v) is 6.86. The molecule has 0 saturated heterocycles. The van der Waals surface area contributed by atoms with E-state index in [2.05, 4.69) is 15.2 Å². The van der Waals surface area contributed by atoms with Gasteiger partial charge in [0.15, 0.2) is 12.1 Å². The summed E-state index contributed by atoms with van der Waals surface area (Å²) < 4.78 is 40.2. The molecule has 5 nitrogen and oxygen atoms in total. The molecule has 29 heavy (non-hydrogen) atoms. The van der Waals surface area contributed by atoms with Crippen LogP contribution in [0.1, 0.15) is 36.5 Å². The minimum Gasteiger partial charge on any atom is -0.368 e. The lowest BCUT2D eigenvalue weighted by atomic mass is 9.97. The van der Waals surface area contributed by atoms with Crippen LogP contribution in [-0.2, 0) is 6.18 Å². The Morgan fingerprint density at radius 2 is 1.86 bits per heavy atom. The van der Waals surface area contributed by atoms with E-state index in [1.54, 1.807) is 24.3 Å². The number of aliphatic hydroxyl groups is 1. The van der Waals surface area contributed by atoms with E-state index in [4.69, 9.17) is 0 Å². The molecule has 0 amide bonds. The van der Waals surface area contributed by atoms with Crippen molar-refractivity contribution in [1.29, 1.82) is 0 Å². The average Bonchev–Trinajstić information content (AvgIpc) is 2.87. The highest BCUT2D eigenvalue weighted by Crippen LogP contribution is 2.36. The fraction of sp³-hybridized carbons (Fsp3) is 0.286. The monoisotopic (exact) mass is 400 g/mol. The van der Waals surface area contributed by atoms with E-state index in [0.717, 1.165) is 18.6 Å². The van der Waals surface area contributed by atoms with Crippen LogP contribution in [0.2, 0.25) is 0 Å². The molecule has 0 saturated carbocycles. The summed E-state index contributed by atoms with van der Waals surface area (Å²) in [6, 6.07) is 12.5. The summed E-state index contributed by atoms with van der Waals surface area (Å²) in [5.41, 5.74) is 1.55. The Morgan fingerprint density at radius 3 is 2.55 bits per heavy atom.